The number of amides is 1. The fraction of sp³-hybridized carbons (Fsp3) is 0.400. The maximum Gasteiger partial charge on any atom is 0.230 e. The van der Waals surface area contributed by atoms with E-state index in [0.29, 0.717) is 23.4 Å². The first-order valence-corrected chi connectivity index (χ1v) is 8.02. The predicted octanol–water partition coefficient (Wildman–Crippen LogP) is 2.14. The van der Waals surface area contributed by atoms with E-state index in [0.717, 1.165) is 11.4 Å². The van der Waals surface area contributed by atoms with Crippen LogP contribution in [0, 0.1) is 5.92 Å². The second kappa shape index (κ2) is 7.84. The Balaban J connectivity index is 1.98. The summed E-state index contributed by atoms with van der Waals surface area (Å²) in [5.41, 5.74) is 0.927. The maximum absolute atomic E-state index is 11.8. The van der Waals surface area contributed by atoms with Gasteiger partial charge in [-0.3, -0.25) is 9.36 Å². The molecule has 0 unspecified atom stereocenters. The van der Waals surface area contributed by atoms with Crippen LogP contribution in [-0.2, 0) is 4.79 Å². The Morgan fingerprint density at radius 3 is 2.73 bits per heavy atom. The van der Waals surface area contributed by atoms with E-state index < -0.39 is 0 Å². The van der Waals surface area contributed by atoms with Crippen LogP contribution in [0.25, 0.3) is 5.69 Å². The summed E-state index contributed by atoms with van der Waals surface area (Å²) in [7, 11) is 1.63. The van der Waals surface area contributed by atoms with Crippen molar-refractivity contribution >= 4 is 17.7 Å². The minimum absolute atomic E-state index is 0.00276. The molecule has 0 spiro atoms. The summed E-state index contributed by atoms with van der Waals surface area (Å²) in [6.45, 7) is 4.81. The number of carbonyl (C=O) groups is 1. The van der Waals surface area contributed by atoms with Crippen LogP contribution < -0.4 is 10.1 Å². The van der Waals surface area contributed by atoms with Crippen molar-refractivity contribution in [3.63, 3.8) is 0 Å². The lowest BCUT2D eigenvalue weighted by molar-refractivity contribution is -0.118. The van der Waals surface area contributed by atoms with E-state index in [1.165, 1.54) is 11.8 Å². The third kappa shape index (κ3) is 4.49. The molecule has 22 heavy (non-hydrogen) atoms. The molecule has 7 heteroatoms. The molecule has 1 aromatic heterocycles. The number of rotatable bonds is 7. The van der Waals surface area contributed by atoms with E-state index in [-0.39, 0.29) is 5.91 Å². The quantitative estimate of drug-likeness (QED) is 0.792. The number of carbonyl (C=O) groups excluding carboxylic acids is 1. The highest BCUT2D eigenvalue weighted by atomic mass is 32.2. The summed E-state index contributed by atoms with van der Waals surface area (Å²) < 4.78 is 6.99. The fourth-order valence-corrected chi connectivity index (χ4v) is 2.50. The summed E-state index contributed by atoms with van der Waals surface area (Å²) in [6.07, 6.45) is 1.64. The molecule has 0 aliphatic heterocycles. The summed E-state index contributed by atoms with van der Waals surface area (Å²) in [5.74, 6) is 1.56. The maximum atomic E-state index is 11.8. The minimum Gasteiger partial charge on any atom is -0.497 e. The lowest BCUT2D eigenvalue weighted by atomic mass is 10.2. The number of methoxy groups -OCH3 is 1. The van der Waals surface area contributed by atoms with Gasteiger partial charge >= 0.3 is 0 Å². The van der Waals surface area contributed by atoms with E-state index in [1.54, 1.807) is 13.4 Å². The number of nitrogens with one attached hydrogen (secondary N) is 1. The van der Waals surface area contributed by atoms with Crippen LogP contribution in [0.1, 0.15) is 13.8 Å². The van der Waals surface area contributed by atoms with Crippen molar-refractivity contribution in [3.05, 3.63) is 30.6 Å². The lowest BCUT2D eigenvalue weighted by Gasteiger charge is -2.08. The van der Waals surface area contributed by atoms with Crippen molar-refractivity contribution in [2.75, 3.05) is 19.4 Å². The molecule has 1 amide bonds. The van der Waals surface area contributed by atoms with E-state index >= 15 is 0 Å². The molecule has 1 aromatic carbocycles. The number of hydrogen-bond donors (Lipinski definition) is 1. The smallest absolute Gasteiger partial charge is 0.230 e. The van der Waals surface area contributed by atoms with Crippen LogP contribution in [0.3, 0.4) is 0 Å². The first kappa shape index (κ1) is 16.4. The van der Waals surface area contributed by atoms with E-state index in [2.05, 4.69) is 29.4 Å². The van der Waals surface area contributed by atoms with Gasteiger partial charge in [0.1, 0.15) is 12.1 Å². The lowest BCUT2D eigenvalue weighted by Crippen LogP contribution is -2.28. The molecule has 0 saturated heterocycles. The van der Waals surface area contributed by atoms with Crippen molar-refractivity contribution < 1.29 is 9.53 Å². The molecule has 0 aliphatic carbocycles. The van der Waals surface area contributed by atoms with Crippen molar-refractivity contribution in [2.45, 2.75) is 19.0 Å². The highest BCUT2D eigenvalue weighted by Gasteiger charge is 2.10. The van der Waals surface area contributed by atoms with Crippen LogP contribution in [-0.4, -0.2) is 40.1 Å². The SMILES string of the molecule is COc1ccc(-n2cnnc2SCC(=O)NCC(C)C)cc1. The van der Waals surface area contributed by atoms with Crippen LogP contribution in [0.4, 0.5) is 0 Å². The molecule has 1 heterocycles. The van der Waals surface area contributed by atoms with Gasteiger partial charge in [-0.25, -0.2) is 0 Å². The van der Waals surface area contributed by atoms with Crippen molar-refractivity contribution in [1.29, 1.82) is 0 Å². The van der Waals surface area contributed by atoms with Gasteiger partial charge in [0.25, 0.3) is 0 Å². The monoisotopic (exact) mass is 320 g/mol. The Morgan fingerprint density at radius 1 is 1.36 bits per heavy atom. The largest absolute Gasteiger partial charge is 0.497 e. The van der Waals surface area contributed by atoms with E-state index in [9.17, 15) is 4.79 Å². The van der Waals surface area contributed by atoms with E-state index in [1.807, 2.05) is 28.8 Å². The summed E-state index contributed by atoms with van der Waals surface area (Å²) in [4.78, 5) is 11.8. The average Bonchev–Trinajstić information content (AvgIpc) is 2.99. The Morgan fingerprint density at radius 2 is 2.09 bits per heavy atom. The predicted molar refractivity (Wildman–Crippen MR) is 86.5 cm³/mol. The highest BCUT2D eigenvalue weighted by Crippen LogP contribution is 2.21. The van der Waals surface area contributed by atoms with Crippen molar-refractivity contribution in [2.24, 2.45) is 5.92 Å². The van der Waals surface area contributed by atoms with Crippen molar-refractivity contribution in [3.8, 4) is 11.4 Å². The molecule has 6 nitrogen and oxygen atoms in total. The third-order valence-electron chi connectivity index (χ3n) is 2.91. The van der Waals surface area contributed by atoms with Gasteiger partial charge in [0.15, 0.2) is 5.16 Å². The molecular formula is C15H20N4O2S. The first-order valence-electron chi connectivity index (χ1n) is 7.04. The molecule has 0 fully saturated rings. The average molecular weight is 320 g/mol. The van der Waals surface area contributed by atoms with E-state index in [4.69, 9.17) is 4.74 Å². The molecule has 0 saturated carbocycles. The van der Waals surface area contributed by atoms with Crippen LogP contribution >= 0.6 is 11.8 Å². The number of benzene rings is 1. The molecule has 0 atom stereocenters. The van der Waals surface area contributed by atoms with Gasteiger partial charge in [-0.05, 0) is 30.2 Å². The number of nitrogens with zero attached hydrogens (tertiary/aromatic N) is 3. The van der Waals surface area contributed by atoms with Crippen LogP contribution in [0.15, 0.2) is 35.7 Å². The minimum atomic E-state index is 0.00276. The molecule has 2 aromatic rings. The Bertz CT molecular complexity index is 610. The van der Waals surface area contributed by atoms with Gasteiger partial charge in [-0.2, -0.15) is 0 Å². The summed E-state index contributed by atoms with van der Waals surface area (Å²) >= 11 is 1.36. The summed E-state index contributed by atoms with van der Waals surface area (Å²) in [6, 6.07) is 7.59. The standard InChI is InChI=1S/C15H20N4O2S/c1-11(2)8-16-14(20)9-22-15-18-17-10-19(15)12-4-6-13(21-3)7-5-12/h4-7,10-11H,8-9H2,1-3H3,(H,16,20). The second-order valence-electron chi connectivity index (χ2n) is 5.17. The normalized spacial score (nSPS) is 10.7. The van der Waals surface area contributed by atoms with Gasteiger partial charge in [0, 0.05) is 12.2 Å². The van der Waals surface area contributed by atoms with Gasteiger partial charge in [0.05, 0.1) is 12.9 Å². The van der Waals surface area contributed by atoms with Gasteiger partial charge in [-0.15, -0.1) is 10.2 Å². The Hall–Kier alpha value is -2.02. The van der Waals surface area contributed by atoms with Crippen LogP contribution in [0.2, 0.25) is 0 Å². The zero-order valence-electron chi connectivity index (χ0n) is 12.9. The molecule has 0 radical (unpaired) electrons. The Kier molecular flexibility index (Phi) is 5.83. The first-order chi connectivity index (χ1) is 10.6. The molecule has 118 valence electrons. The van der Waals surface area contributed by atoms with Gasteiger partial charge in [-0.1, -0.05) is 25.6 Å². The number of aromatic nitrogens is 3. The number of hydrogen-bond acceptors (Lipinski definition) is 5. The zero-order chi connectivity index (χ0) is 15.9. The van der Waals surface area contributed by atoms with Gasteiger partial charge in [0.2, 0.25) is 5.91 Å². The van der Waals surface area contributed by atoms with Crippen molar-refractivity contribution in [1.82, 2.24) is 20.1 Å². The molecule has 2 rings (SSSR count). The van der Waals surface area contributed by atoms with Gasteiger partial charge < -0.3 is 10.1 Å². The van der Waals surface area contributed by atoms with Crippen LogP contribution in [0.5, 0.6) is 5.75 Å². The topological polar surface area (TPSA) is 69.0 Å². The molecule has 0 bridgehead atoms. The molecule has 0 aliphatic rings. The second-order valence-corrected chi connectivity index (χ2v) is 6.11. The zero-order valence-corrected chi connectivity index (χ0v) is 13.8. The number of thioether (sulfide) groups is 1. The Labute approximate surface area is 134 Å². The fourth-order valence-electron chi connectivity index (χ4n) is 1.74. The third-order valence-corrected chi connectivity index (χ3v) is 3.85. The highest BCUT2D eigenvalue weighted by molar-refractivity contribution is 7.99. The number of ether oxygens (including phenoxy) is 1. The molecule has 1 N–H and O–H groups in total. The molecular weight excluding hydrogens is 300 g/mol. The summed E-state index contributed by atoms with van der Waals surface area (Å²) in [5, 5.41) is 11.6.